The summed E-state index contributed by atoms with van der Waals surface area (Å²) in [4.78, 5) is 25.1. The molecule has 4 fully saturated rings. The van der Waals surface area contributed by atoms with Crippen molar-refractivity contribution >= 4 is 11.8 Å². The molecule has 1 heterocycles. The molecule has 4 aliphatic rings. The van der Waals surface area contributed by atoms with Crippen molar-refractivity contribution in [2.45, 2.75) is 105 Å². The van der Waals surface area contributed by atoms with E-state index in [1.165, 1.54) is 25.7 Å². The molecule has 2 N–H and O–H groups in total. The van der Waals surface area contributed by atoms with E-state index in [-0.39, 0.29) is 33.5 Å². The van der Waals surface area contributed by atoms with E-state index in [9.17, 15) is 9.59 Å². The van der Waals surface area contributed by atoms with E-state index in [0.29, 0.717) is 30.3 Å². The third-order valence-electron chi connectivity index (χ3n) is 10.1. The maximum Gasteiger partial charge on any atom is 0.225 e. The Morgan fingerprint density at radius 1 is 1.00 bits per heavy atom. The lowest BCUT2D eigenvalue weighted by Crippen LogP contribution is -2.67. The van der Waals surface area contributed by atoms with Crippen LogP contribution in [0.15, 0.2) is 0 Å². The summed E-state index contributed by atoms with van der Waals surface area (Å²) in [7, 11) is 0. The highest BCUT2D eigenvalue weighted by Crippen LogP contribution is 2.67. The smallest absolute Gasteiger partial charge is 0.225 e. The highest BCUT2D eigenvalue weighted by atomic mass is 16.2. The number of carbonyl (C=O) groups excluding carboxylic acids is 2. The first-order valence-corrected chi connectivity index (χ1v) is 11.9. The summed E-state index contributed by atoms with van der Waals surface area (Å²) < 4.78 is 0. The van der Waals surface area contributed by atoms with Crippen LogP contribution in [0.25, 0.3) is 0 Å². The lowest BCUT2D eigenvalue weighted by Gasteiger charge is -2.65. The number of nitrogens with one attached hydrogen (secondary N) is 2. The molecule has 4 nitrogen and oxygen atoms in total. The molecule has 7 atom stereocenters. The molecule has 4 rings (SSSR count). The lowest BCUT2D eigenvalue weighted by molar-refractivity contribution is -0.163. The SMILES string of the molecule is CC(C)(C)C(=O)N[C@H]1CC[C@H]2[C@@H]3CC[C@H]4NC(=O)CC(C)(C)[C@]4(C)[C@H]3CC[C@]12C. The molecule has 2 amide bonds. The second-order valence-electron chi connectivity index (χ2n) is 12.8. The maximum atomic E-state index is 12.7. The Hall–Kier alpha value is -1.06. The molecule has 0 radical (unpaired) electrons. The van der Waals surface area contributed by atoms with Gasteiger partial charge in [0.15, 0.2) is 0 Å². The Bertz CT molecular complexity index is 708. The van der Waals surface area contributed by atoms with Gasteiger partial charge in [-0.15, -0.1) is 0 Å². The maximum absolute atomic E-state index is 12.7. The van der Waals surface area contributed by atoms with Crippen LogP contribution in [0.3, 0.4) is 0 Å². The number of piperidine rings is 1. The number of carbonyl (C=O) groups is 2. The van der Waals surface area contributed by atoms with Gasteiger partial charge < -0.3 is 10.6 Å². The molecule has 0 spiro atoms. The molecule has 164 valence electrons. The van der Waals surface area contributed by atoms with Gasteiger partial charge in [0.2, 0.25) is 11.8 Å². The Kier molecular flexibility index (Phi) is 4.72. The zero-order chi connectivity index (χ0) is 21.4. The molecule has 4 heteroatoms. The van der Waals surface area contributed by atoms with Crippen molar-refractivity contribution in [2.75, 3.05) is 0 Å². The van der Waals surface area contributed by atoms with Gasteiger partial charge in [-0.3, -0.25) is 9.59 Å². The first-order valence-electron chi connectivity index (χ1n) is 11.9. The Morgan fingerprint density at radius 2 is 1.69 bits per heavy atom. The minimum atomic E-state index is -0.332. The van der Waals surface area contributed by atoms with Crippen LogP contribution in [0.5, 0.6) is 0 Å². The number of hydrogen-bond donors (Lipinski definition) is 2. The largest absolute Gasteiger partial charge is 0.353 e. The average molecular weight is 403 g/mol. The van der Waals surface area contributed by atoms with Gasteiger partial charge in [0.25, 0.3) is 0 Å². The molecule has 0 bridgehead atoms. The van der Waals surface area contributed by atoms with E-state index >= 15 is 0 Å². The van der Waals surface area contributed by atoms with Crippen LogP contribution in [0.1, 0.15) is 93.4 Å². The predicted octanol–water partition coefficient (Wildman–Crippen LogP) is 4.67. The van der Waals surface area contributed by atoms with Crippen molar-refractivity contribution in [2.24, 2.45) is 39.4 Å². The second kappa shape index (κ2) is 6.47. The number of rotatable bonds is 1. The van der Waals surface area contributed by atoms with Gasteiger partial charge in [-0.1, -0.05) is 48.5 Å². The van der Waals surface area contributed by atoms with Crippen LogP contribution in [0.2, 0.25) is 0 Å². The van der Waals surface area contributed by atoms with Gasteiger partial charge in [-0.2, -0.15) is 0 Å². The lowest BCUT2D eigenvalue weighted by atomic mass is 9.42. The molecule has 29 heavy (non-hydrogen) atoms. The van der Waals surface area contributed by atoms with Gasteiger partial charge in [-0.25, -0.2) is 0 Å². The summed E-state index contributed by atoms with van der Waals surface area (Å²) in [5, 5.41) is 6.82. The minimum absolute atomic E-state index is 0.0372. The van der Waals surface area contributed by atoms with Gasteiger partial charge in [0, 0.05) is 23.9 Å². The Morgan fingerprint density at radius 3 is 2.34 bits per heavy atom. The fourth-order valence-electron chi connectivity index (χ4n) is 8.00. The van der Waals surface area contributed by atoms with Crippen LogP contribution in [-0.2, 0) is 9.59 Å². The first kappa shape index (κ1) is 21.2. The van der Waals surface area contributed by atoms with Crippen molar-refractivity contribution < 1.29 is 9.59 Å². The molecule has 0 aromatic carbocycles. The summed E-state index contributed by atoms with van der Waals surface area (Å²) in [5.74, 6) is 2.52. The van der Waals surface area contributed by atoms with E-state index < -0.39 is 0 Å². The van der Waals surface area contributed by atoms with Crippen molar-refractivity contribution in [3.63, 3.8) is 0 Å². The summed E-state index contributed by atoms with van der Waals surface area (Å²) in [6.07, 6.45) is 7.76. The zero-order valence-electron chi connectivity index (χ0n) is 19.7. The highest BCUT2D eigenvalue weighted by molar-refractivity contribution is 5.81. The number of amides is 2. The summed E-state index contributed by atoms with van der Waals surface area (Å²) in [5.41, 5.74) is 0.0856. The molecule has 0 aromatic heterocycles. The minimum Gasteiger partial charge on any atom is -0.353 e. The Labute approximate surface area is 177 Å². The predicted molar refractivity (Wildman–Crippen MR) is 116 cm³/mol. The second-order valence-corrected chi connectivity index (χ2v) is 12.8. The third kappa shape index (κ3) is 2.98. The molecule has 0 unspecified atom stereocenters. The first-order chi connectivity index (χ1) is 13.3. The molecule has 3 aliphatic carbocycles. The topological polar surface area (TPSA) is 58.2 Å². The van der Waals surface area contributed by atoms with Gasteiger partial charge in [0.1, 0.15) is 0 Å². The molecule has 0 aromatic rings. The summed E-state index contributed by atoms with van der Waals surface area (Å²) in [6.45, 7) is 15.6. The molecule has 3 saturated carbocycles. The van der Waals surface area contributed by atoms with E-state index in [4.69, 9.17) is 0 Å². The molecular weight excluding hydrogens is 360 g/mol. The fraction of sp³-hybridized carbons (Fsp3) is 0.920. The Balaban J connectivity index is 1.60. The molecular formula is C25H42N2O2. The monoisotopic (exact) mass is 402 g/mol. The van der Waals surface area contributed by atoms with Crippen molar-refractivity contribution in [1.82, 2.24) is 10.6 Å². The summed E-state index contributed by atoms with van der Waals surface area (Å²) >= 11 is 0. The van der Waals surface area contributed by atoms with E-state index in [1.54, 1.807) is 0 Å². The van der Waals surface area contributed by atoms with Crippen LogP contribution >= 0.6 is 0 Å². The molecule has 1 aliphatic heterocycles. The van der Waals surface area contributed by atoms with Crippen LogP contribution < -0.4 is 10.6 Å². The zero-order valence-corrected chi connectivity index (χ0v) is 19.7. The number of hydrogen-bond acceptors (Lipinski definition) is 2. The van der Waals surface area contributed by atoms with Crippen LogP contribution in [0.4, 0.5) is 0 Å². The molecule has 1 saturated heterocycles. The van der Waals surface area contributed by atoms with Crippen molar-refractivity contribution in [3.05, 3.63) is 0 Å². The van der Waals surface area contributed by atoms with Crippen LogP contribution in [0, 0.1) is 39.4 Å². The quantitative estimate of drug-likeness (QED) is 0.669. The normalized spacial score (nSPS) is 46.2. The fourth-order valence-corrected chi connectivity index (χ4v) is 8.00. The highest BCUT2D eigenvalue weighted by Gasteiger charge is 2.64. The van der Waals surface area contributed by atoms with E-state index in [2.05, 4.69) is 38.3 Å². The van der Waals surface area contributed by atoms with Gasteiger partial charge >= 0.3 is 0 Å². The van der Waals surface area contributed by atoms with E-state index in [0.717, 1.165) is 18.8 Å². The summed E-state index contributed by atoms with van der Waals surface area (Å²) in [6, 6.07) is 0.631. The van der Waals surface area contributed by atoms with E-state index in [1.807, 2.05) is 20.8 Å². The standard InChI is InChI=1S/C25H42N2O2/c1-22(2,3)21(29)27-18-11-9-16-15-8-10-19-25(7,17(15)12-13-24(16,18)6)23(4,5)14-20(28)26-19/h15-19H,8-14H2,1-7H3,(H,26,28)(H,27,29)/t15-,16-,17-,18-,19+,24-,25+/m0/s1. The average Bonchev–Trinajstić information content (AvgIpc) is 2.91. The van der Waals surface area contributed by atoms with Crippen LogP contribution in [-0.4, -0.2) is 23.9 Å². The van der Waals surface area contributed by atoms with Gasteiger partial charge in [0.05, 0.1) is 0 Å². The van der Waals surface area contributed by atoms with Crippen molar-refractivity contribution in [1.29, 1.82) is 0 Å². The van der Waals surface area contributed by atoms with Crippen molar-refractivity contribution in [3.8, 4) is 0 Å². The third-order valence-corrected chi connectivity index (χ3v) is 10.1. The van der Waals surface area contributed by atoms with Gasteiger partial charge in [-0.05, 0) is 72.5 Å². The number of fused-ring (bicyclic) bond motifs is 5.